The molecule has 7 heteroatoms. The van der Waals surface area contributed by atoms with Crippen LogP contribution in [0.2, 0.25) is 0 Å². The highest BCUT2D eigenvalue weighted by molar-refractivity contribution is 7.80. The van der Waals surface area contributed by atoms with Crippen molar-refractivity contribution < 1.29 is 17.2 Å². The number of hydrogen-bond donors (Lipinski definition) is 2. The second kappa shape index (κ2) is 6.24. The predicted octanol–water partition coefficient (Wildman–Crippen LogP) is 0.410. The van der Waals surface area contributed by atoms with Gasteiger partial charge in [0.15, 0.2) is 0 Å². The first-order valence-electron chi connectivity index (χ1n) is 1.68. The summed E-state index contributed by atoms with van der Waals surface area (Å²) >= 11 is 0. The quantitative estimate of drug-likeness (QED) is 0.599. The van der Waals surface area contributed by atoms with Gasteiger partial charge in [0, 0.05) is 0 Å². The summed E-state index contributed by atoms with van der Waals surface area (Å²) in [7, 11) is -4.17. The fraction of sp³-hybridized carbons (Fsp3) is 1.00. The first kappa shape index (κ1) is 16.1. The summed E-state index contributed by atoms with van der Waals surface area (Å²) in [4.78, 5) is 0. The molecular weight excluding hydrogens is 170 g/mol. The third-order valence-electron chi connectivity index (χ3n) is 0.267. The minimum atomic E-state index is -4.17. The van der Waals surface area contributed by atoms with Crippen LogP contribution >= 0.6 is 12.4 Å². The molecule has 0 rings (SSSR count). The molecule has 0 aliphatic carbocycles. The summed E-state index contributed by atoms with van der Waals surface area (Å²) < 4.78 is 30.7. The van der Waals surface area contributed by atoms with Gasteiger partial charge in [0.1, 0.15) is 0 Å². The van der Waals surface area contributed by atoms with Gasteiger partial charge in [-0.15, -0.1) is 12.4 Å². The summed E-state index contributed by atoms with van der Waals surface area (Å²) in [6, 6.07) is 0. The Hall–Kier alpha value is 0.120. The Kier molecular flexibility index (Phi) is 11.1. The molecule has 9 heavy (non-hydrogen) atoms. The van der Waals surface area contributed by atoms with Crippen LogP contribution in [-0.2, 0) is 14.6 Å². The van der Waals surface area contributed by atoms with Crippen molar-refractivity contribution in [3.8, 4) is 0 Å². The Bertz CT molecular complexity index is 132. The van der Waals surface area contributed by atoms with Gasteiger partial charge in [0.05, 0.1) is 6.61 Å². The zero-order chi connectivity index (χ0) is 5.91. The van der Waals surface area contributed by atoms with Gasteiger partial charge in [0.25, 0.3) is 0 Å². The zero-order valence-electron chi connectivity index (χ0n) is 4.90. The lowest BCUT2D eigenvalue weighted by Crippen LogP contribution is -2.01. The van der Waals surface area contributed by atoms with Gasteiger partial charge < -0.3 is 6.15 Å². The van der Waals surface area contributed by atoms with E-state index in [0.29, 0.717) is 0 Å². The van der Waals surface area contributed by atoms with Crippen molar-refractivity contribution in [1.29, 1.82) is 0 Å². The van der Waals surface area contributed by atoms with Crippen LogP contribution in [0.1, 0.15) is 6.92 Å². The lowest BCUT2D eigenvalue weighted by Gasteiger charge is -1.88. The SMILES string of the molecule is CCOS(=O)(=O)O.Cl.N. The van der Waals surface area contributed by atoms with E-state index in [1.807, 2.05) is 0 Å². The average Bonchev–Trinajstić information content (AvgIpc) is 1.30. The van der Waals surface area contributed by atoms with E-state index in [0.717, 1.165) is 0 Å². The summed E-state index contributed by atoms with van der Waals surface area (Å²) in [6.45, 7) is 1.44. The maximum Gasteiger partial charge on any atom is 0.397 e. The van der Waals surface area contributed by atoms with Gasteiger partial charge in [-0.3, -0.25) is 4.55 Å². The third-order valence-corrected chi connectivity index (χ3v) is 0.800. The molecule has 0 aliphatic heterocycles. The molecule has 0 unspecified atom stereocenters. The zero-order valence-corrected chi connectivity index (χ0v) is 6.54. The number of halogens is 1. The van der Waals surface area contributed by atoms with Gasteiger partial charge in [-0.1, -0.05) is 0 Å². The van der Waals surface area contributed by atoms with Crippen LogP contribution in [0.4, 0.5) is 0 Å². The van der Waals surface area contributed by atoms with Crippen molar-refractivity contribution in [2.24, 2.45) is 0 Å². The summed E-state index contributed by atoms with van der Waals surface area (Å²) in [6.07, 6.45) is 0. The van der Waals surface area contributed by atoms with Crippen molar-refractivity contribution >= 4 is 22.8 Å². The van der Waals surface area contributed by atoms with Crippen molar-refractivity contribution in [3.63, 3.8) is 0 Å². The molecule has 0 saturated heterocycles. The molecule has 0 aromatic rings. The normalized spacial score (nSPS) is 9.11. The van der Waals surface area contributed by atoms with E-state index in [-0.39, 0.29) is 25.2 Å². The van der Waals surface area contributed by atoms with Crippen LogP contribution in [0.15, 0.2) is 0 Å². The Morgan fingerprint density at radius 2 is 1.89 bits per heavy atom. The molecule has 0 fully saturated rings. The van der Waals surface area contributed by atoms with E-state index in [1.165, 1.54) is 6.92 Å². The minimum Gasteiger partial charge on any atom is -0.344 e. The molecule has 0 amide bonds. The van der Waals surface area contributed by atoms with Crippen LogP contribution in [0, 0.1) is 0 Å². The van der Waals surface area contributed by atoms with Gasteiger partial charge in [0.2, 0.25) is 0 Å². The predicted molar refractivity (Wildman–Crippen MR) is 35.4 cm³/mol. The van der Waals surface area contributed by atoms with Crippen LogP contribution in [0.5, 0.6) is 0 Å². The highest BCUT2D eigenvalue weighted by atomic mass is 35.5. The second-order valence-electron chi connectivity index (χ2n) is 0.834. The maximum atomic E-state index is 9.56. The molecule has 0 heterocycles. The Labute approximate surface area is 60.3 Å². The standard InChI is InChI=1S/C2H6O4S.ClH.H3N/c1-2-6-7(3,4)5;;/h2H2,1H3,(H,3,4,5);1H;1H3. The van der Waals surface area contributed by atoms with Gasteiger partial charge >= 0.3 is 10.4 Å². The van der Waals surface area contributed by atoms with E-state index in [4.69, 9.17) is 4.55 Å². The Morgan fingerprint density at radius 3 is 1.89 bits per heavy atom. The van der Waals surface area contributed by atoms with Gasteiger partial charge in [-0.05, 0) is 6.92 Å². The highest BCUT2D eigenvalue weighted by Crippen LogP contribution is 1.81. The van der Waals surface area contributed by atoms with Crippen molar-refractivity contribution in [3.05, 3.63) is 0 Å². The highest BCUT2D eigenvalue weighted by Gasteiger charge is 1.98. The molecule has 0 aliphatic rings. The molecule has 4 N–H and O–H groups in total. The van der Waals surface area contributed by atoms with E-state index >= 15 is 0 Å². The monoisotopic (exact) mass is 179 g/mol. The molecule has 0 radical (unpaired) electrons. The third kappa shape index (κ3) is 17.9. The van der Waals surface area contributed by atoms with Crippen LogP contribution < -0.4 is 6.15 Å². The lowest BCUT2D eigenvalue weighted by atomic mass is 10.9. The largest absolute Gasteiger partial charge is 0.397 e. The summed E-state index contributed by atoms with van der Waals surface area (Å²) in [5.41, 5.74) is 0. The van der Waals surface area contributed by atoms with Crippen molar-refractivity contribution in [1.82, 2.24) is 6.15 Å². The second-order valence-corrected chi connectivity index (χ2v) is 1.93. The topological polar surface area (TPSA) is 98.6 Å². The molecule has 0 atom stereocenters. The van der Waals surface area contributed by atoms with E-state index < -0.39 is 10.4 Å². The fourth-order valence-electron chi connectivity index (χ4n) is 0.149. The number of rotatable bonds is 2. The van der Waals surface area contributed by atoms with Gasteiger partial charge in [-0.2, -0.15) is 8.42 Å². The Morgan fingerprint density at radius 1 is 1.56 bits per heavy atom. The van der Waals surface area contributed by atoms with Crippen molar-refractivity contribution in [2.45, 2.75) is 6.92 Å². The molecule has 60 valence electrons. The Balaban J connectivity index is -0.000000180. The van der Waals surface area contributed by atoms with Gasteiger partial charge in [-0.25, -0.2) is 4.18 Å². The maximum absolute atomic E-state index is 9.56. The van der Waals surface area contributed by atoms with Crippen molar-refractivity contribution in [2.75, 3.05) is 6.61 Å². The average molecular weight is 180 g/mol. The van der Waals surface area contributed by atoms with Crippen LogP contribution in [-0.4, -0.2) is 19.6 Å². The molecule has 0 aromatic carbocycles. The molecule has 0 saturated carbocycles. The van der Waals surface area contributed by atoms with E-state index in [1.54, 1.807) is 0 Å². The smallest absolute Gasteiger partial charge is 0.344 e. The molecule has 0 bridgehead atoms. The fourth-order valence-corrected chi connectivity index (χ4v) is 0.447. The molecule has 0 spiro atoms. The van der Waals surface area contributed by atoms with Crippen LogP contribution in [0.3, 0.4) is 0 Å². The molecule has 0 aromatic heterocycles. The summed E-state index contributed by atoms with van der Waals surface area (Å²) in [5, 5.41) is 0. The lowest BCUT2D eigenvalue weighted by molar-refractivity contribution is 0.283. The molecular formula is C2H10ClNO4S. The molecule has 5 nitrogen and oxygen atoms in total. The summed E-state index contributed by atoms with van der Waals surface area (Å²) in [5.74, 6) is 0. The first-order valence-corrected chi connectivity index (χ1v) is 3.04. The van der Waals surface area contributed by atoms with E-state index in [2.05, 4.69) is 4.18 Å². The number of hydrogen-bond acceptors (Lipinski definition) is 4. The minimum absolute atomic E-state index is 0. The van der Waals surface area contributed by atoms with E-state index in [9.17, 15) is 8.42 Å². The first-order chi connectivity index (χ1) is 3.06. The van der Waals surface area contributed by atoms with Crippen LogP contribution in [0.25, 0.3) is 0 Å².